The standard InChI is InChI=1S/C39H36BNO2/c1-37(2)32-18-12-10-16-28(32)30-22-21-27(36(35(30)37)40-42-38(3,4)39(5,6)43-40)25-20-23-34-31(24-25)29-17-11-13-19-33(29)41(34)26-14-8-7-9-15-26/h7-24H,1-6H3. The molecule has 1 fully saturated rings. The second kappa shape index (κ2) is 8.95. The predicted octanol–water partition coefficient (Wildman–Crippen LogP) is 9.06. The highest BCUT2D eigenvalue weighted by Crippen LogP contribution is 2.50. The van der Waals surface area contributed by atoms with E-state index in [4.69, 9.17) is 9.31 Å². The van der Waals surface area contributed by atoms with Crippen LogP contribution in [-0.2, 0) is 14.7 Å². The van der Waals surface area contributed by atoms with E-state index < -0.39 is 18.3 Å². The van der Waals surface area contributed by atoms with Crippen LogP contribution < -0.4 is 5.46 Å². The number of benzene rings is 5. The van der Waals surface area contributed by atoms with Crippen molar-refractivity contribution in [2.75, 3.05) is 0 Å². The molecule has 1 aromatic heterocycles. The monoisotopic (exact) mass is 561 g/mol. The van der Waals surface area contributed by atoms with Gasteiger partial charge in [-0.25, -0.2) is 0 Å². The molecule has 1 saturated heterocycles. The van der Waals surface area contributed by atoms with Gasteiger partial charge in [-0.3, -0.25) is 0 Å². The van der Waals surface area contributed by atoms with Crippen LogP contribution >= 0.6 is 0 Å². The summed E-state index contributed by atoms with van der Waals surface area (Å²) in [6, 6.07) is 39.7. The third kappa shape index (κ3) is 3.70. The van der Waals surface area contributed by atoms with E-state index in [0.29, 0.717) is 0 Å². The third-order valence-corrected chi connectivity index (χ3v) is 10.2. The van der Waals surface area contributed by atoms with Crippen molar-refractivity contribution in [1.29, 1.82) is 0 Å². The normalized spacial score (nSPS) is 17.9. The minimum Gasteiger partial charge on any atom is -0.399 e. The molecular weight excluding hydrogens is 525 g/mol. The zero-order valence-corrected chi connectivity index (χ0v) is 25.7. The van der Waals surface area contributed by atoms with E-state index >= 15 is 0 Å². The molecule has 0 N–H and O–H groups in total. The first kappa shape index (κ1) is 26.5. The van der Waals surface area contributed by atoms with Gasteiger partial charge in [-0.05, 0) is 96.9 Å². The number of hydrogen-bond donors (Lipinski definition) is 0. The second-order valence-corrected chi connectivity index (χ2v) is 13.6. The fourth-order valence-corrected chi connectivity index (χ4v) is 7.37. The average Bonchev–Trinajstić information content (AvgIpc) is 3.54. The van der Waals surface area contributed by atoms with Crippen LogP contribution in [0.5, 0.6) is 0 Å². The van der Waals surface area contributed by atoms with Crippen molar-refractivity contribution in [2.24, 2.45) is 0 Å². The van der Waals surface area contributed by atoms with E-state index in [9.17, 15) is 0 Å². The summed E-state index contributed by atoms with van der Waals surface area (Å²) in [4.78, 5) is 0. The maximum Gasteiger partial charge on any atom is 0.495 e. The molecule has 4 heteroatoms. The van der Waals surface area contributed by atoms with Crippen LogP contribution in [0.1, 0.15) is 52.7 Å². The van der Waals surface area contributed by atoms with Crippen molar-refractivity contribution in [3.8, 4) is 27.9 Å². The molecule has 8 rings (SSSR count). The molecule has 0 amide bonds. The van der Waals surface area contributed by atoms with Gasteiger partial charge in [0, 0.05) is 21.9 Å². The van der Waals surface area contributed by atoms with Crippen LogP contribution in [0.15, 0.2) is 109 Å². The first-order valence-corrected chi connectivity index (χ1v) is 15.3. The molecule has 0 saturated carbocycles. The van der Waals surface area contributed by atoms with Crippen molar-refractivity contribution in [3.05, 3.63) is 120 Å². The second-order valence-electron chi connectivity index (χ2n) is 13.6. The van der Waals surface area contributed by atoms with Crippen molar-refractivity contribution in [2.45, 2.75) is 58.2 Å². The molecule has 212 valence electrons. The highest BCUT2D eigenvalue weighted by atomic mass is 16.7. The Bertz CT molecular complexity index is 2050. The van der Waals surface area contributed by atoms with E-state index in [0.717, 1.165) is 16.7 Å². The fraction of sp³-hybridized carbons (Fsp3) is 0.231. The summed E-state index contributed by atoms with van der Waals surface area (Å²) in [6.07, 6.45) is 0. The van der Waals surface area contributed by atoms with Crippen molar-refractivity contribution in [1.82, 2.24) is 4.57 Å². The van der Waals surface area contributed by atoms with Gasteiger partial charge < -0.3 is 13.9 Å². The SMILES string of the molecule is CC1(C)c2ccccc2-c2ccc(-c3ccc4c(c3)c3ccccc3n4-c3ccccc3)c(B3OC(C)(C)C(C)(C)O3)c21. The number of para-hydroxylation sites is 2. The summed E-state index contributed by atoms with van der Waals surface area (Å²) < 4.78 is 16.0. The summed E-state index contributed by atoms with van der Waals surface area (Å²) in [5, 5.41) is 2.48. The zero-order valence-electron chi connectivity index (χ0n) is 25.7. The maximum absolute atomic E-state index is 6.82. The Labute approximate surface area is 254 Å². The van der Waals surface area contributed by atoms with Crippen LogP contribution in [0.25, 0.3) is 49.7 Å². The lowest BCUT2D eigenvalue weighted by atomic mass is 9.65. The van der Waals surface area contributed by atoms with Crippen LogP contribution in [0, 0.1) is 0 Å². The zero-order chi connectivity index (χ0) is 29.7. The molecule has 0 spiro atoms. The molecule has 0 radical (unpaired) electrons. The van der Waals surface area contributed by atoms with E-state index in [2.05, 4.69) is 155 Å². The minimum atomic E-state index is -0.482. The Hall–Kier alpha value is -4.12. The highest BCUT2D eigenvalue weighted by Gasteiger charge is 2.54. The number of rotatable bonds is 3. The minimum absolute atomic E-state index is 0.200. The quantitative estimate of drug-likeness (QED) is 0.201. The third-order valence-electron chi connectivity index (χ3n) is 10.2. The molecule has 2 aliphatic rings. The van der Waals surface area contributed by atoms with Gasteiger partial charge in [0.25, 0.3) is 0 Å². The summed E-state index contributed by atoms with van der Waals surface area (Å²) in [7, 11) is -0.482. The van der Waals surface area contributed by atoms with Gasteiger partial charge in [-0.1, -0.05) is 92.7 Å². The fourth-order valence-electron chi connectivity index (χ4n) is 7.37. The van der Waals surface area contributed by atoms with Crippen molar-refractivity contribution < 1.29 is 9.31 Å². The number of hydrogen-bond acceptors (Lipinski definition) is 2. The van der Waals surface area contributed by atoms with Gasteiger partial charge in [0.05, 0.1) is 22.2 Å². The predicted molar refractivity (Wildman–Crippen MR) is 179 cm³/mol. The Morgan fingerprint density at radius 3 is 1.95 bits per heavy atom. The Balaban J connectivity index is 1.40. The van der Waals surface area contributed by atoms with E-state index in [1.165, 1.54) is 49.6 Å². The molecule has 1 aliphatic heterocycles. The van der Waals surface area contributed by atoms with Crippen LogP contribution in [-0.4, -0.2) is 22.9 Å². The molecule has 1 aliphatic carbocycles. The highest BCUT2D eigenvalue weighted by molar-refractivity contribution is 6.65. The van der Waals surface area contributed by atoms with Crippen LogP contribution in [0.2, 0.25) is 0 Å². The molecule has 0 bridgehead atoms. The van der Waals surface area contributed by atoms with Gasteiger partial charge in [0.2, 0.25) is 0 Å². The summed E-state index contributed by atoms with van der Waals surface area (Å²) in [6.45, 7) is 13.2. The first-order chi connectivity index (χ1) is 20.6. The lowest BCUT2D eigenvalue weighted by Crippen LogP contribution is -2.41. The van der Waals surface area contributed by atoms with E-state index in [-0.39, 0.29) is 5.41 Å². The number of aromatic nitrogens is 1. The first-order valence-electron chi connectivity index (χ1n) is 15.3. The van der Waals surface area contributed by atoms with E-state index in [1.54, 1.807) is 0 Å². The van der Waals surface area contributed by atoms with E-state index in [1.807, 2.05) is 0 Å². The Kier molecular flexibility index (Phi) is 5.52. The molecule has 0 unspecified atom stereocenters. The molecule has 2 heterocycles. The molecule has 6 aromatic rings. The van der Waals surface area contributed by atoms with Gasteiger partial charge in [0.1, 0.15) is 0 Å². The summed E-state index contributed by atoms with van der Waals surface area (Å²) >= 11 is 0. The smallest absolute Gasteiger partial charge is 0.399 e. The number of nitrogens with zero attached hydrogens (tertiary/aromatic N) is 1. The average molecular weight is 562 g/mol. The molecule has 3 nitrogen and oxygen atoms in total. The van der Waals surface area contributed by atoms with Gasteiger partial charge in [0.15, 0.2) is 0 Å². The summed E-state index contributed by atoms with van der Waals surface area (Å²) in [5.41, 5.74) is 11.2. The molecular formula is C39H36BNO2. The lowest BCUT2D eigenvalue weighted by Gasteiger charge is -2.32. The molecule has 5 aromatic carbocycles. The van der Waals surface area contributed by atoms with Gasteiger partial charge in [-0.15, -0.1) is 0 Å². The van der Waals surface area contributed by atoms with Crippen LogP contribution in [0.4, 0.5) is 0 Å². The van der Waals surface area contributed by atoms with Crippen LogP contribution in [0.3, 0.4) is 0 Å². The molecule has 43 heavy (non-hydrogen) atoms. The maximum atomic E-state index is 6.82. The Morgan fingerprint density at radius 1 is 0.558 bits per heavy atom. The largest absolute Gasteiger partial charge is 0.495 e. The van der Waals surface area contributed by atoms with Crippen molar-refractivity contribution in [3.63, 3.8) is 0 Å². The number of fused-ring (bicyclic) bond motifs is 6. The van der Waals surface area contributed by atoms with Gasteiger partial charge in [-0.2, -0.15) is 0 Å². The molecule has 0 atom stereocenters. The van der Waals surface area contributed by atoms with Crippen molar-refractivity contribution >= 4 is 34.4 Å². The van der Waals surface area contributed by atoms with Gasteiger partial charge >= 0.3 is 7.12 Å². The Morgan fingerprint density at radius 2 is 1.19 bits per heavy atom. The summed E-state index contributed by atoms with van der Waals surface area (Å²) in [5.74, 6) is 0. The topological polar surface area (TPSA) is 23.4 Å². The lowest BCUT2D eigenvalue weighted by molar-refractivity contribution is 0.00578.